The molecule has 0 saturated heterocycles. The fraction of sp³-hybridized carbons (Fsp3) is 0.400. The maximum absolute atomic E-state index is 12.3. The molecule has 0 aliphatic carbocycles. The lowest BCUT2D eigenvalue weighted by Gasteiger charge is -2.26. The zero-order valence-corrected chi connectivity index (χ0v) is 13.9. The third kappa shape index (κ3) is 4.73. The van der Waals surface area contributed by atoms with Crippen LogP contribution in [0.3, 0.4) is 0 Å². The van der Waals surface area contributed by atoms with Crippen molar-refractivity contribution in [3.05, 3.63) is 40.4 Å². The van der Waals surface area contributed by atoms with Crippen LogP contribution in [0.5, 0.6) is 0 Å². The largest absolute Gasteiger partial charge is 0.442 e. The summed E-state index contributed by atoms with van der Waals surface area (Å²) in [7, 11) is 0. The monoisotopic (exact) mass is 359 g/mol. The smallest absolute Gasteiger partial charge is 0.332 e. The standard InChI is InChI=1S/C15H16F3N3O2S/c1-9(2)21(13(22)8-24-15(16,17)18)7-12-19-11-6-4-3-5-10(11)14(23)20-12/h3-6,9H,7-8H2,1-2H3,(H,19,20,23). The summed E-state index contributed by atoms with van der Waals surface area (Å²) in [5.41, 5.74) is -4.35. The van der Waals surface area contributed by atoms with Crippen LogP contribution in [0.2, 0.25) is 0 Å². The molecule has 0 fully saturated rings. The average Bonchev–Trinajstić information content (AvgIpc) is 2.49. The molecule has 0 atom stereocenters. The van der Waals surface area contributed by atoms with E-state index < -0.39 is 17.2 Å². The molecule has 0 spiro atoms. The first-order valence-electron chi connectivity index (χ1n) is 7.15. The molecule has 0 saturated carbocycles. The van der Waals surface area contributed by atoms with Gasteiger partial charge in [-0.15, -0.1) is 0 Å². The van der Waals surface area contributed by atoms with E-state index >= 15 is 0 Å². The summed E-state index contributed by atoms with van der Waals surface area (Å²) in [4.78, 5) is 32.2. The maximum atomic E-state index is 12.3. The van der Waals surface area contributed by atoms with Gasteiger partial charge < -0.3 is 9.88 Å². The Bertz CT molecular complexity index is 789. The molecule has 2 rings (SSSR count). The van der Waals surface area contributed by atoms with Gasteiger partial charge in [-0.05, 0) is 37.7 Å². The number of rotatable bonds is 5. The number of benzene rings is 1. The number of thioether (sulfide) groups is 1. The van der Waals surface area contributed by atoms with Crippen LogP contribution in [0.1, 0.15) is 19.7 Å². The van der Waals surface area contributed by atoms with E-state index in [2.05, 4.69) is 9.97 Å². The first kappa shape index (κ1) is 18.3. The van der Waals surface area contributed by atoms with Gasteiger partial charge in [0.1, 0.15) is 5.82 Å². The Hall–Kier alpha value is -2.03. The van der Waals surface area contributed by atoms with Crippen LogP contribution in [0, 0.1) is 0 Å². The number of hydrogen-bond acceptors (Lipinski definition) is 4. The summed E-state index contributed by atoms with van der Waals surface area (Å²) >= 11 is -0.380. The lowest BCUT2D eigenvalue weighted by atomic mass is 10.2. The molecule has 0 bridgehead atoms. The Morgan fingerprint density at radius 3 is 2.62 bits per heavy atom. The third-order valence-electron chi connectivity index (χ3n) is 3.29. The molecule has 0 aliphatic rings. The van der Waals surface area contributed by atoms with E-state index in [4.69, 9.17) is 0 Å². The first-order chi connectivity index (χ1) is 11.2. The molecule has 1 heterocycles. The van der Waals surface area contributed by atoms with Gasteiger partial charge >= 0.3 is 5.51 Å². The van der Waals surface area contributed by atoms with Crippen molar-refractivity contribution in [3.8, 4) is 0 Å². The average molecular weight is 359 g/mol. The van der Waals surface area contributed by atoms with Crippen molar-refractivity contribution in [2.75, 3.05) is 5.75 Å². The second-order valence-electron chi connectivity index (χ2n) is 5.38. The highest BCUT2D eigenvalue weighted by atomic mass is 32.2. The fourth-order valence-corrected chi connectivity index (χ4v) is 2.61. The summed E-state index contributed by atoms with van der Waals surface area (Å²) in [5.74, 6) is -1.14. The molecule has 9 heteroatoms. The SMILES string of the molecule is CC(C)N(Cc1nc2ccccc2c(=O)[nH]1)C(=O)CSC(F)(F)F. The number of halogens is 3. The Labute approximate surface area is 140 Å². The van der Waals surface area contributed by atoms with Crippen LogP contribution in [0.4, 0.5) is 13.2 Å². The minimum atomic E-state index is -4.46. The number of nitrogens with one attached hydrogen (secondary N) is 1. The maximum Gasteiger partial charge on any atom is 0.442 e. The molecule has 130 valence electrons. The highest BCUT2D eigenvalue weighted by Crippen LogP contribution is 2.30. The number of fused-ring (bicyclic) bond motifs is 1. The van der Waals surface area contributed by atoms with Crippen molar-refractivity contribution in [3.63, 3.8) is 0 Å². The van der Waals surface area contributed by atoms with Gasteiger partial charge in [-0.2, -0.15) is 13.2 Å². The molecule has 2 aromatic rings. The van der Waals surface area contributed by atoms with Gasteiger partial charge in [-0.1, -0.05) is 12.1 Å². The van der Waals surface area contributed by atoms with E-state index in [-0.39, 0.29) is 35.7 Å². The van der Waals surface area contributed by atoms with Gasteiger partial charge in [0.2, 0.25) is 5.91 Å². The van der Waals surface area contributed by atoms with Gasteiger partial charge in [0.05, 0.1) is 23.2 Å². The molecule has 5 nitrogen and oxygen atoms in total. The number of amides is 1. The molecule has 1 aromatic carbocycles. The second-order valence-corrected chi connectivity index (χ2v) is 6.42. The normalized spacial score (nSPS) is 11.9. The number of aromatic nitrogens is 2. The van der Waals surface area contributed by atoms with Crippen molar-refractivity contribution in [2.45, 2.75) is 31.9 Å². The molecule has 1 aromatic heterocycles. The molecule has 0 radical (unpaired) electrons. The van der Waals surface area contributed by atoms with E-state index in [0.717, 1.165) is 0 Å². The Kier molecular flexibility index (Phi) is 5.53. The number of hydrogen-bond donors (Lipinski definition) is 1. The predicted molar refractivity (Wildman–Crippen MR) is 86.6 cm³/mol. The third-order valence-corrected chi connectivity index (χ3v) is 4.00. The molecular weight excluding hydrogens is 343 g/mol. The van der Waals surface area contributed by atoms with Crippen LogP contribution in [-0.2, 0) is 11.3 Å². The minimum absolute atomic E-state index is 0.0605. The second kappa shape index (κ2) is 7.25. The van der Waals surface area contributed by atoms with E-state index in [1.807, 2.05) is 0 Å². The van der Waals surface area contributed by atoms with Crippen LogP contribution in [0.25, 0.3) is 10.9 Å². The lowest BCUT2D eigenvalue weighted by molar-refractivity contribution is -0.131. The summed E-state index contributed by atoms with van der Waals surface area (Å²) in [5, 5.41) is 0.413. The fourth-order valence-electron chi connectivity index (χ4n) is 2.16. The number of alkyl halides is 3. The van der Waals surface area contributed by atoms with Gasteiger partial charge in [0, 0.05) is 6.04 Å². The summed E-state index contributed by atoms with van der Waals surface area (Å²) in [6.45, 7) is 3.32. The highest BCUT2D eigenvalue weighted by Gasteiger charge is 2.31. The Balaban J connectivity index is 2.22. The molecule has 24 heavy (non-hydrogen) atoms. The number of para-hydroxylation sites is 1. The summed E-state index contributed by atoms with van der Waals surface area (Å²) < 4.78 is 36.8. The molecule has 1 amide bonds. The van der Waals surface area contributed by atoms with Gasteiger partial charge in [-0.3, -0.25) is 9.59 Å². The van der Waals surface area contributed by atoms with Crippen molar-refractivity contribution >= 4 is 28.6 Å². The van der Waals surface area contributed by atoms with Gasteiger partial charge in [0.15, 0.2) is 0 Å². The van der Waals surface area contributed by atoms with Crippen LogP contribution in [0.15, 0.2) is 29.1 Å². The van der Waals surface area contributed by atoms with Crippen molar-refractivity contribution < 1.29 is 18.0 Å². The lowest BCUT2D eigenvalue weighted by Crippen LogP contribution is -2.39. The number of nitrogens with zero attached hydrogens (tertiary/aromatic N) is 2. The predicted octanol–water partition coefficient (Wildman–Crippen LogP) is 2.91. The van der Waals surface area contributed by atoms with Gasteiger partial charge in [-0.25, -0.2) is 4.98 Å². The van der Waals surface area contributed by atoms with E-state index in [1.165, 1.54) is 4.90 Å². The molecule has 0 aliphatic heterocycles. The first-order valence-corrected chi connectivity index (χ1v) is 8.14. The van der Waals surface area contributed by atoms with Crippen LogP contribution < -0.4 is 5.56 Å². The van der Waals surface area contributed by atoms with Gasteiger partial charge in [0.25, 0.3) is 5.56 Å². The van der Waals surface area contributed by atoms with Crippen molar-refractivity contribution in [1.82, 2.24) is 14.9 Å². The number of aromatic amines is 1. The summed E-state index contributed by atoms with van der Waals surface area (Å²) in [6.07, 6.45) is 0. The van der Waals surface area contributed by atoms with Crippen molar-refractivity contribution in [1.29, 1.82) is 0 Å². The van der Waals surface area contributed by atoms with E-state index in [1.54, 1.807) is 38.1 Å². The van der Waals surface area contributed by atoms with E-state index in [0.29, 0.717) is 10.9 Å². The number of H-pyrrole nitrogens is 1. The minimum Gasteiger partial charge on any atom is -0.332 e. The Morgan fingerprint density at radius 1 is 1.33 bits per heavy atom. The topological polar surface area (TPSA) is 66.1 Å². The zero-order valence-electron chi connectivity index (χ0n) is 13.1. The van der Waals surface area contributed by atoms with Crippen molar-refractivity contribution in [2.24, 2.45) is 0 Å². The zero-order chi connectivity index (χ0) is 17.9. The Morgan fingerprint density at radius 2 is 2.00 bits per heavy atom. The highest BCUT2D eigenvalue weighted by molar-refractivity contribution is 8.00. The van der Waals surface area contributed by atoms with Crippen LogP contribution in [-0.4, -0.2) is 38.1 Å². The molecular formula is C15H16F3N3O2S. The van der Waals surface area contributed by atoms with Crippen LogP contribution >= 0.6 is 11.8 Å². The number of carbonyl (C=O) groups excluding carboxylic acids is 1. The molecule has 1 N–H and O–H groups in total. The number of carbonyl (C=O) groups is 1. The molecule has 0 unspecified atom stereocenters. The van der Waals surface area contributed by atoms with E-state index in [9.17, 15) is 22.8 Å². The summed E-state index contributed by atoms with van der Waals surface area (Å²) in [6, 6.07) is 6.38. The quantitative estimate of drug-likeness (QED) is 0.891.